The highest BCUT2D eigenvalue weighted by atomic mass is 19.3. The Morgan fingerprint density at radius 2 is 2.15 bits per heavy atom. The molecule has 0 unspecified atom stereocenters. The van der Waals surface area contributed by atoms with Crippen LogP contribution in [0.25, 0.3) is 0 Å². The molecule has 0 fully saturated rings. The molecule has 1 heterocycles. The average molecular weight is 193 g/mol. The van der Waals surface area contributed by atoms with Gasteiger partial charge >= 0.3 is 0 Å². The van der Waals surface area contributed by atoms with Gasteiger partial charge in [0.1, 0.15) is 11.3 Å². The lowest BCUT2D eigenvalue weighted by atomic mass is 10.2. The number of ether oxygens (including phenoxy) is 1. The number of rotatable bonds is 2. The summed E-state index contributed by atoms with van der Waals surface area (Å²) in [5.41, 5.74) is -1.09. The molecule has 0 saturated heterocycles. The predicted octanol–water partition coefficient (Wildman–Crippen LogP) is 1.87. The summed E-state index contributed by atoms with van der Waals surface area (Å²) in [5.74, 6) is -2.78. The third-order valence-electron chi connectivity index (χ3n) is 1.42. The zero-order valence-corrected chi connectivity index (χ0v) is 6.59. The van der Waals surface area contributed by atoms with Crippen molar-refractivity contribution < 1.29 is 23.0 Å². The van der Waals surface area contributed by atoms with Gasteiger partial charge in [0.2, 0.25) is 0 Å². The maximum Gasteiger partial charge on any atom is 0.270 e. The third-order valence-corrected chi connectivity index (χ3v) is 1.42. The standard InChI is InChI=1S/C7H6F3NO2/c1-13-7-5(8)4(6(9)10)3(12)2-11-7/h2,6,12H,1H3. The van der Waals surface area contributed by atoms with Crippen molar-refractivity contribution in [2.24, 2.45) is 0 Å². The van der Waals surface area contributed by atoms with Crippen molar-refractivity contribution in [2.75, 3.05) is 7.11 Å². The Bertz CT molecular complexity index is 317. The molecule has 0 radical (unpaired) electrons. The second-order valence-corrected chi connectivity index (χ2v) is 2.18. The smallest absolute Gasteiger partial charge is 0.270 e. The number of pyridine rings is 1. The third kappa shape index (κ3) is 1.66. The summed E-state index contributed by atoms with van der Waals surface area (Å²) in [7, 11) is 1.09. The van der Waals surface area contributed by atoms with Gasteiger partial charge in [0, 0.05) is 0 Å². The maximum atomic E-state index is 13.0. The van der Waals surface area contributed by atoms with Crippen molar-refractivity contribution in [1.29, 1.82) is 0 Å². The van der Waals surface area contributed by atoms with Crippen LogP contribution in [0.4, 0.5) is 13.2 Å². The lowest BCUT2D eigenvalue weighted by Crippen LogP contribution is -1.98. The molecule has 0 aromatic carbocycles. The molecule has 1 N–H and O–H groups in total. The SMILES string of the molecule is COc1ncc(O)c(C(F)F)c1F. The lowest BCUT2D eigenvalue weighted by molar-refractivity contribution is 0.140. The van der Waals surface area contributed by atoms with Crippen molar-refractivity contribution in [2.45, 2.75) is 6.43 Å². The van der Waals surface area contributed by atoms with E-state index in [1.54, 1.807) is 0 Å². The van der Waals surface area contributed by atoms with E-state index in [9.17, 15) is 13.2 Å². The van der Waals surface area contributed by atoms with Gasteiger partial charge in [-0.2, -0.15) is 0 Å². The van der Waals surface area contributed by atoms with E-state index in [0.717, 1.165) is 7.11 Å². The van der Waals surface area contributed by atoms with Crippen LogP contribution in [-0.2, 0) is 0 Å². The minimum absolute atomic E-state index is 0.562. The topological polar surface area (TPSA) is 42.4 Å². The van der Waals surface area contributed by atoms with Gasteiger partial charge in [0.25, 0.3) is 12.3 Å². The second-order valence-electron chi connectivity index (χ2n) is 2.18. The number of hydrogen-bond donors (Lipinski definition) is 1. The predicted molar refractivity (Wildman–Crippen MR) is 37.4 cm³/mol. The van der Waals surface area contributed by atoms with E-state index in [1.165, 1.54) is 0 Å². The average Bonchev–Trinajstić information content (AvgIpc) is 2.04. The summed E-state index contributed by atoms with van der Waals surface area (Å²) < 4.78 is 41.6. The molecule has 0 amide bonds. The molecule has 0 atom stereocenters. The van der Waals surface area contributed by atoms with Crippen LogP contribution in [0.15, 0.2) is 6.20 Å². The van der Waals surface area contributed by atoms with Crippen molar-refractivity contribution in [1.82, 2.24) is 4.98 Å². The van der Waals surface area contributed by atoms with Gasteiger partial charge in [-0.05, 0) is 0 Å². The summed E-state index contributed by atoms with van der Waals surface area (Å²) in [6, 6.07) is 0. The van der Waals surface area contributed by atoms with Crippen LogP contribution >= 0.6 is 0 Å². The van der Waals surface area contributed by atoms with Crippen LogP contribution in [0.2, 0.25) is 0 Å². The summed E-state index contributed by atoms with van der Waals surface area (Å²) in [4.78, 5) is 3.26. The molecule has 6 heteroatoms. The Morgan fingerprint density at radius 3 is 2.62 bits per heavy atom. The summed E-state index contributed by atoms with van der Waals surface area (Å²) >= 11 is 0. The Balaban J connectivity index is 3.30. The first-order valence-electron chi connectivity index (χ1n) is 3.27. The van der Waals surface area contributed by atoms with Gasteiger partial charge in [-0.3, -0.25) is 0 Å². The Kier molecular flexibility index (Phi) is 2.60. The Labute approximate surface area is 71.8 Å². The van der Waals surface area contributed by atoms with Gasteiger partial charge in [-0.25, -0.2) is 18.2 Å². The molecular weight excluding hydrogens is 187 g/mol. The number of alkyl halides is 2. The second kappa shape index (κ2) is 3.51. The van der Waals surface area contributed by atoms with Gasteiger partial charge in [0.05, 0.1) is 13.3 Å². The molecule has 0 aliphatic rings. The number of hydrogen-bond acceptors (Lipinski definition) is 3. The molecule has 0 saturated carbocycles. The molecule has 0 aliphatic heterocycles. The Hall–Kier alpha value is -1.46. The first-order chi connectivity index (χ1) is 6.07. The lowest BCUT2D eigenvalue weighted by Gasteiger charge is -2.06. The van der Waals surface area contributed by atoms with E-state index in [2.05, 4.69) is 9.72 Å². The molecule has 1 rings (SSSR count). The first-order valence-corrected chi connectivity index (χ1v) is 3.27. The maximum absolute atomic E-state index is 13.0. The van der Waals surface area contributed by atoms with E-state index < -0.39 is 29.4 Å². The molecule has 0 spiro atoms. The quantitative estimate of drug-likeness (QED) is 0.779. The molecular formula is C7H6F3NO2. The Morgan fingerprint density at radius 1 is 1.54 bits per heavy atom. The van der Waals surface area contributed by atoms with Crippen LogP contribution in [-0.4, -0.2) is 17.2 Å². The van der Waals surface area contributed by atoms with Gasteiger partial charge in [-0.15, -0.1) is 0 Å². The molecule has 3 nitrogen and oxygen atoms in total. The zero-order chi connectivity index (χ0) is 10.0. The van der Waals surface area contributed by atoms with Crippen molar-refractivity contribution in [3.8, 4) is 11.6 Å². The first kappa shape index (κ1) is 9.63. The normalized spacial score (nSPS) is 10.5. The fourth-order valence-corrected chi connectivity index (χ4v) is 0.824. The minimum Gasteiger partial charge on any atom is -0.506 e. The molecule has 1 aromatic rings. The van der Waals surface area contributed by atoms with E-state index in [0.29, 0.717) is 6.20 Å². The molecule has 1 aromatic heterocycles. The van der Waals surface area contributed by atoms with Crippen molar-refractivity contribution in [3.05, 3.63) is 17.6 Å². The minimum atomic E-state index is -3.10. The molecule has 72 valence electrons. The van der Waals surface area contributed by atoms with Gasteiger partial charge < -0.3 is 9.84 Å². The number of aromatic nitrogens is 1. The van der Waals surface area contributed by atoms with E-state index in [1.807, 2.05) is 0 Å². The highest BCUT2D eigenvalue weighted by Gasteiger charge is 2.22. The fourth-order valence-electron chi connectivity index (χ4n) is 0.824. The number of methoxy groups -OCH3 is 1. The molecule has 13 heavy (non-hydrogen) atoms. The number of halogens is 3. The van der Waals surface area contributed by atoms with E-state index in [-0.39, 0.29) is 0 Å². The fraction of sp³-hybridized carbons (Fsp3) is 0.286. The van der Waals surface area contributed by atoms with Gasteiger partial charge in [-0.1, -0.05) is 0 Å². The van der Waals surface area contributed by atoms with Crippen LogP contribution < -0.4 is 4.74 Å². The van der Waals surface area contributed by atoms with Crippen molar-refractivity contribution in [3.63, 3.8) is 0 Å². The largest absolute Gasteiger partial charge is 0.506 e. The summed E-state index contributed by atoms with van der Waals surface area (Å²) in [6.07, 6.45) is -2.39. The van der Waals surface area contributed by atoms with Crippen LogP contribution in [0.1, 0.15) is 12.0 Å². The van der Waals surface area contributed by atoms with Crippen LogP contribution in [0, 0.1) is 5.82 Å². The van der Waals surface area contributed by atoms with Crippen LogP contribution in [0.3, 0.4) is 0 Å². The highest BCUT2D eigenvalue weighted by molar-refractivity contribution is 5.36. The molecule has 0 bridgehead atoms. The van der Waals surface area contributed by atoms with Crippen molar-refractivity contribution >= 4 is 0 Å². The van der Waals surface area contributed by atoms with Gasteiger partial charge in [0.15, 0.2) is 5.82 Å². The van der Waals surface area contributed by atoms with E-state index >= 15 is 0 Å². The summed E-state index contributed by atoms with van der Waals surface area (Å²) in [6.45, 7) is 0. The molecule has 0 aliphatic carbocycles. The number of nitrogens with zero attached hydrogens (tertiary/aromatic N) is 1. The van der Waals surface area contributed by atoms with E-state index in [4.69, 9.17) is 5.11 Å². The van der Waals surface area contributed by atoms with Crippen LogP contribution in [0.5, 0.6) is 11.6 Å². The monoisotopic (exact) mass is 193 g/mol. The number of aromatic hydroxyl groups is 1. The zero-order valence-electron chi connectivity index (χ0n) is 6.59. The highest BCUT2D eigenvalue weighted by Crippen LogP contribution is 2.33. The summed E-state index contributed by atoms with van der Waals surface area (Å²) in [5, 5.41) is 8.84.